The highest BCUT2D eigenvalue weighted by Crippen LogP contribution is 2.58. The van der Waals surface area contributed by atoms with Gasteiger partial charge in [-0.3, -0.25) is 0 Å². The second kappa shape index (κ2) is 15.8. The van der Waals surface area contributed by atoms with Crippen LogP contribution in [0.3, 0.4) is 0 Å². The van der Waals surface area contributed by atoms with E-state index in [1.54, 1.807) is 0 Å². The van der Waals surface area contributed by atoms with Crippen LogP contribution in [-0.2, 0) is 5.41 Å². The van der Waals surface area contributed by atoms with E-state index in [1.807, 2.05) is 0 Å². The molecule has 0 saturated heterocycles. The molecule has 67 heavy (non-hydrogen) atoms. The zero-order valence-corrected chi connectivity index (χ0v) is 36.8. The minimum atomic E-state index is -0.595. The van der Waals surface area contributed by atoms with E-state index in [-0.39, 0.29) is 0 Å². The minimum Gasteiger partial charge on any atom is -0.310 e. The zero-order valence-electron chi connectivity index (χ0n) is 36.8. The summed E-state index contributed by atoms with van der Waals surface area (Å²) >= 11 is 0. The molecule has 1 aliphatic carbocycles. The van der Waals surface area contributed by atoms with Gasteiger partial charge in [-0.05, 0) is 145 Å². The lowest BCUT2D eigenvalue weighted by Gasteiger charge is -2.35. The molecule has 0 N–H and O–H groups in total. The molecular weight excluding hydrogens is 809 g/mol. The number of rotatable bonds is 8. The summed E-state index contributed by atoms with van der Waals surface area (Å²) in [4.78, 5) is 2.44. The Morgan fingerprint density at radius 2 is 0.836 bits per heavy atom. The number of anilines is 3. The van der Waals surface area contributed by atoms with Crippen molar-refractivity contribution in [3.05, 3.63) is 289 Å². The van der Waals surface area contributed by atoms with Gasteiger partial charge >= 0.3 is 0 Å². The second-order valence-corrected chi connectivity index (χ2v) is 17.7. The van der Waals surface area contributed by atoms with Gasteiger partial charge in [-0.15, -0.1) is 0 Å². The molecule has 314 valence electrons. The molecule has 1 aromatic heterocycles. The number of fused-ring (bicyclic) bond motifs is 7. The van der Waals surface area contributed by atoms with Crippen molar-refractivity contribution in [3.63, 3.8) is 0 Å². The summed E-state index contributed by atoms with van der Waals surface area (Å²) in [6.07, 6.45) is 0. The molecule has 0 radical (unpaired) electrons. The number of benzene rings is 11. The highest BCUT2D eigenvalue weighted by molar-refractivity contribution is 6.11. The molecule has 0 bridgehead atoms. The Morgan fingerprint density at radius 1 is 0.299 bits per heavy atom. The highest BCUT2D eigenvalue weighted by atomic mass is 15.1. The molecule has 13 rings (SSSR count). The van der Waals surface area contributed by atoms with Crippen molar-refractivity contribution in [1.82, 2.24) is 4.57 Å². The predicted octanol–water partition coefficient (Wildman–Crippen LogP) is 17.1. The van der Waals surface area contributed by atoms with Crippen LogP contribution in [-0.4, -0.2) is 4.57 Å². The fourth-order valence-electron chi connectivity index (χ4n) is 11.0. The fourth-order valence-corrected chi connectivity index (χ4v) is 11.0. The monoisotopic (exact) mass is 852 g/mol. The van der Waals surface area contributed by atoms with Gasteiger partial charge in [0.05, 0.1) is 16.4 Å². The summed E-state index contributed by atoms with van der Waals surface area (Å²) in [7, 11) is 0. The summed E-state index contributed by atoms with van der Waals surface area (Å²) in [5.41, 5.74) is 18.6. The van der Waals surface area contributed by atoms with E-state index < -0.39 is 5.41 Å². The maximum absolute atomic E-state index is 2.48. The molecule has 11 aromatic carbocycles. The molecule has 0 fully saturated rings. The molecule has 0 spiro atoms. The summed E-state index contributed by atoms with van der Waals surface area (Å²) in [6, 6.07) is 98.2. The quantitative estimate of drug-likeness (QED) is 0.148. The minimum absolute atomic E-state index is 0.595. The standard InChI is InChI=1S/C65H44N2/c1-7-19-45(20-8-1)47-31-32-49-40-59-57-36-34-55(43-62(57)65(51-23-11-3-12-24-51,52-25-13-4-14-26-52)61(59)42-50(49)39-47)66(53-27-15-5-16-28-53)56-35-37-58-60-41-48(46-21-9-2-10-22-46)33-38-63(60)67(64(58)44-56)54-29-17-6-18-30-54/h1-44H. The number of hydrogen-bond donors (Lipinski definition) is 0. The lowest BCUT2D eigenvalue weighted by molar-refractivity contribution is 0.769. The summed E-state index contributed by atoms with van der Waals surface area (Å²) in [6.45, 7) is 0. The number of nitrogens with zero attached hydrogens (tertiary/aromatic N) is 2. The van der Waals surface area contributed by atoms with Crippen LogP contribution in [0.5, 0.6) is 0 Å². The molecular formula is C65H44N2. The summed E-state index contributed by atoms with van der Waals surface area (Å²) in [5, 5.41) is 4.90. The van der Waals surface area contributed by atoms with Crippen LogP contribution in [0.25, 0.3) is 71.6 Å². The SMILES string of the molecule is c1ccc(-c2ccc3cc4c(cc3c2)C(c2ccccc2)(c2ccccc2)c2cc(N(c3ccccc3)c3ccc5c6cc(-c7ccccc7)ccc6n(-c6ccccc6)c5c3)ccc2-4)cc1. The zero-order chi connectivity index (χ0) is 44.3. The van der Waals surface area contributed by atoms with Crippen LogP contribution in [0.15, 0.2) is 267 Å². The van der Waals surface area contributed by atoms with Crippen LogP contribution in [0.2, 0.25) is 0 Å². The lowest BCUT2D eigenvalue weighted by atomic mass is 9.67. The van der Waals surface area contributed by atoms with E-state index in [9.17, 15) is 0 Å². The Labute approximate surface area is 390 Å². The third-order valence-electron chi connectivity index (χ3n) is 14.0. The first kappa shape index (κ1) is 38.7. The van der Waals surface area contributed by atoms with Crippen LogP contribution < -0.4 is 4.90 Å². The second-order valence-electron chi connectivity index (χ2n) is 17.7. The van der Waals surface area contributed by atoms with Crippen molar-refractivity contribution in [2.24, 2.45) is 0 Å². The van der Waals surface area contributed by atoms with Gasteiger partial charge in [-0.25, -0.2) is 0 Å². The molecule has 2 heteroatoms. The third kappa shape index (κ3) is 6.26. The predicted molar refractivity (Wildman–Crippen MR) is 281 cm³/mol. The van der Waals surface area contributed by atoms with Gasteiger partial charge in [0.15, 0.2) is 0 Å². The normalized spacial score (nSPS) is 12.6. The molecule has 0 saturated carbocycles. The smallest absolute Gasteiger partial charge is 0.0714 e. The van der Waals surface area contributed by atoms with Crippen molar-refractivity contribution in [3.8, 4) is 39.1 Å². The van der Waals surface area contributed by atoms with Crippen molar-refractivity contribution in [1.29, 1.82) is 0 Å². The van der Waals surface area contributed by atoms with Crippen molar-refractivity contribution in [2.75, 3.05) is 4.90 Å². The highest BCUT2D eigenvalue weighted by Gasteiger charge is 2.46. The van der Waals surface area contributed by atoms with E-state index in [1.165, 1.54) is 82.7 Å². The molecule has 0 atom stereocenters. The Kier molecular flexibility index (Phi) is 9.11. The topological polar surface area (TPSA) is 8.17 Å². The first-order valence-corrected chi connectivity index (χ1v) is 23.2. The molecule has 1 aliphatic rings. The van der Waals surface area contributed by atoms with Crippen LogP contribution in [0.4, 0.5) is 17.1 Å². The van der Waals surface area contributed by atoms with Gasteiger partial charge < -0.3 is 9.47 Å². The van der Waals surface area contributed by atoms with Gasteiger partial charge in [-0.1, -0.05) is 188 Å². The van der Waals surface area contributed by atoms with E-state index in [0.29, 0.717) is 0 Å². The van der Waals surface area contributed by atoms with Gasteiger partial charge in [-0.2, -0.15) is 0 Å². The maximum Gasteiger partial charge on any atom is 0.0714 e. The maximum atomic E-state index is 2.48. The van der Waals surface area contributed by atoms with Crippen LogP contribution in [0.1, 0.15) is 22.3 Å². The molecule has 12 aromatic rings. The molecule has 0 aliphatic heterocycles. The molecule has 2 nitrogen and oxygen atoms in total. The molecule has 1 heterocycles. The largest absolute Gasteiger partial charge is 0.310 e. The number of para-hydroxylation sites is 2. The summed E-state index contributed by atoms with van der Waals surface area (Å²) < 4.78 is 2.43. The van der Waals surface area contributed by atoms with E-state index in [2.05, 4.69) is 276 Å². The molecule has 0 amide bonds. The van der Waals surface area contributed by atoms with E-state index in [4.69, 9.17) is 0 Å². The van der Waals surface area contributed by atoms with Crippen molar-refractivity contribution >= 4 is 49.6 Å². The third-order valence-corrected chi connectivity index (χ3v) is 14.0. The van der Waals surface area contributed by atoms with Gasteiger partial charge in [0, 0.05) is 33.5 Å². The van der Waals surface area contributed by atoms with Gasteiger partial charge in [0.25, 0.3) is 0 Å². The Morgan fingerprint density at radius 3 is 1.49 bits per heavy atom. The Bertz CT molecular complexity index is 3730. The lowest BCUT2D eigenvalue weighted by Crippen LogP contribution is -2.28. The van der Waals surface area contributed by atoms with Gasteiger partial charge in [0.1, 0.15) is 0 Å². The first-order valence-electron chi connectivity index (χ1n) is 23.2. The fraction of sp³-hybridized carbons (Fsp3) is 0.0154. The molecule has 0 unspecified atom stereocenters. The Balaban J connectivity index is 1.05. The average molecular weight is 853 g/mol. The first-order chi connectivity index (χ1) is 33.2. The van der Waals surface area contributed by atoms with E-state index in [0.717, 1.165) is 28.3 Å². The van der Waals surface area contributed by atoms with Gasteiger partial charge in [0.2, 0.25) is 0 Å². The van der Waals surface area contributed by atoms with Crippen molar-refractivity contribution in [2.45, 2.75) is 5.41 Å². The van der Waals surface area contributed by atoms with Crippen LogP contribution >= 0.6 is 0 Å². The van der Waals surface area contributed by atoms with Crippen LogP contribution in [0, 0.1) is 0 Å². The Hall–Kier alpha value is -8.72. The van der Waals surface area contributed by atoms with Crippen molar-refractivity contribution < 1.29 is 0 Å². The summed E-state index contributed by atoms with van der Waals surface area (Å²) in [5.74, 6) is 0. The van der Waals surface area contributed by atoms with E-state index >= 15 is 0 Å². The average Bonchev–Trinajstić information content (AvgIpc) is 3.88. The number of aromatic nitrogens is 1. The number of hydrogen-bond acceptors (Lipinski definition) is 1.